The van der Waals surface area contributed by atoms with Crippen molar-refractivity contribution in [2.45, 2.75) is 39.8 Å². The van der Waals surface area contributed by atoms with Crippen LogP contribution in [0, 0.1) is 30.6 Å². The fourth-order valence-electron chi connectivity index (χ4n) is 4.08. The number of benzene rings is 2. The molecular formula is C32H36N4O2+2. The third kappa shape index (κ3) is 7.79. The summed E-state index contributed by atoms with van der Waals surface area (Å²) in [6.07, 6.45) is 14.2. The Balaban J connectivity index is 1.46. The molecule has 0 aliphatic carbocycles. The first-order valence-corrected chi connectivity index (χ1v) is 13.0. The van der Waals surface area contributed by atoms with Crippen molar-refractivity contribution < 1.29 is 18.6 Å². The monoisotopic (exact) mass is 508 g/mol. The summed E-state index contributed by atoms with van der Waals surface area (Å²) in [6, 6.07) is 12.0. The van der Waals surface area contributed by atoms with E-state index in [1.807, 2.05) is 78.9 Å². The first-order chi connectivity index (χ1) is 18.5. The van der Waals surface area contributed by atoms with Crippen molar-refractivity contribution in [1.82, 2.24) is 9.13 Å². The standard InChI is InChI=1S/C32H36N4O2/c1-5-8-28-9-11-29(12-10-28)13-14-30-24-31(37-21-6-15-35-19-17-33(3)25-35)27(2)23-32(30)38-22-7-16-36-20-18-34(4)26-36/h9-12,17-20,23-26H,6-7,15-16,21-22H2,1-4H3/q+2. The normalized spacial score (nSPS) is 10.3. The van der Waals surface area contributed by atoms with Gasteiger partial charge in [0, 0.05) is 24.0 Å². The van der Waals surface area contributed by atoms with E-state index in [-0.39, 0.29) is 0 Å². The molecule has 0 aliphatic rings. The second kappa shape index (κ2) is 13.2. The summed E-state index contributed by atoms with van der Waals surface area (Å²) in [5.41, 5.74) is 3.78. The van der Waals surface area contributed by atoms with Gasteiger partial charge >= 0.3 is 0 Å². The van der Waals surface area contributed by atoms with Gasteiger partial charge in [-0.15, -0.1) is 5.92 Å². The maximum Gasteiger partial charge on any atom is 0.243 e. The molecule has 2 aromatic heterocycles. The summed E-state index contributed by atoms with van der Waals surface area (Å²) in [7, 11) is 4.05. The minimum Gasteiger partial charge on any atom is -0.493 e. The number of ether oxygens (including phenoxy) is 2. The number of rotatable bonds is 10. The third-order valence-corrected chi connectivity index (χ3v) is 6.06. The quantitative estimate of drug-likeness (QED) is 0.185. The van der Waals surface area contributed by atoms with Gasteiger partial charge in [0.25, 0.3) is 0 Å². The highest BCUT2D eigenvalue weighted by Crippen LogP contribution is 2.28. The highest BCUT2D eigenvalue weighted by atomic mass is 16.5. The van der Waals surface area contributed by atoms with Gasteiger partial charge in [-0.25, -0.2) is 18.3 Å². The van der Waals surface area contributed by atoms with Crippen LogP contribution in [0.1, 0.15) is 42.0 Å². The van der Waals surface area contributed by atoms with Crippen molar-refractivity contribution in [3.05, 3.63) is 96.1 Å². The van der Waals surface area contributed by atoms with E-state index in [1.165, 1.54) is 0 Å². The zero-order valence-corrected chi connectivity index (χ0v) is 22.8. The van der Waals surface area contributed by atoms with Gasteiger partial charge in [-0.3, -0.25) is 0 Å². The number of hydrogen-bond donors (Lipinski definition) is 0. The average molecular weight is 509 g/mol. The maximum absolute atomic E-state index is 6.22. The predicted molar refractivity (Wildman–Crippen MR) is 148 cm³/mol. The van der Waals surface area contributed by atoms with E-state index in [4.69, 9.17) is 9.47 Å². The Kier molecular flexibility index (Phi) is 9.27. The van der Waals surface area contributed by atoms with Crippen LogP contribution in [0.5, 0.6) is 11.5 Å². The fraction of sp³-hybridized carbons (Fsp3) is 0.312. The van der Waals surface area contributed by atoms with Crippen LogP contribution < -0.4 is 18.6 Å². The predicted octanol–water partition coefficient (Wildman–Crippen LogP) is 3.96. The minimum atomic E-state index is 0.606. The summed E-state index contributed by atoms with van der Waals surface area (Å²) in [6.45, 7) is 6.93. The van der Waals surface area contributed by atoms with Gasteiger partial charge in [-0.05, 0) is 55.8 Å². The summed E-state index contributed by atoms with van der Waals surface area (Å²) < 4.78 is 20.8. The molecule has 0 atom stereocenters. The molecule has 0 fully saturated rings. The van der Waals surface area contributed by atoms with E-state index in [0.717, 1.165) is 59.7 Å². The van der Waals surface area contributed by atoms with Gasteiger partial charge in [-0.2, -0.15) is 0 Å². The lowest BCUT2D eigenvalue weighted by Gasteiger charge is -2.14. The maximum atomic E-state index is 6.22. The summed E-state index contributed by atoms with van der Waals surface area (Å²) >= 11 is 0. The molecule has 0 aliphatic heterocycles. The summed E-state index contributed by atoms with van der Waals surface area (Å²) in [5.74, 6) is 14.2. The summed E-state index contributed by atoms with van der Waals surface area (Å²) in [4.78, 5) is 0. The molecule has 2 aromatic carbocycles. The lowest BCUT2D eigenvalue weighted by atomic mass is 10.1. The van der Waals surface area contributed by atoms with Gasteiger partial charge in [0.1, 0.15) is 36.3 Å². The Morgan fingerprint density at radius 1 is 0.737 bits per heavy atom. The van der Waals surface area contributed by atoms with Crippen molar-refractivity contribution in [2.75, 3.05) is 13.2 Å². The van der Waals surface area contributed by atoms with Gasteiger partial charge in [0.05, 0.1) is 46.0 Å². The molecular weight excluding hydrogens is 472 g/mol. The van der Waals surface area contributed by atoms with Crippen LogP contribution in [-0.2, 0) is 27.2 Å². The van der Waals surface area contributed by atoms with E-state index in [2.05, 4.69) is 64.8 Å². The average Bonchev–Trinajstić information content (AvgIpc) is 3.53. The highest BCUT2D eigenvalue weighted by Gasteiger charge is 2.10. The van der Waals surface area contributed by atoms with E-state index in [1.54, 1.807) is 0 Å². The molecule has 0 saturated heterocycles. The fourth-order valence-corrected chi connectivity index (χ4v) is 4.08. The molecule has 0 radical (unpaired) electrons. The molecule has 0 saturated carbocycles. The lowest BCUT2D eigenvalue weighted by molar-refractivity contribution is -0.671. The van der Waals surface area contributed by atoms with Crippen LogP contribution >= 0.6 is 0 Å². The summed E-state index contributed by atoms with van der Waals surface area (Å²) in [5, 5.41) is 0. The minimum absolute atomic E-state index is 0.606. The third-order valence-electron chi connectivity index (χ3n) is 6.06. The van der Waals surface area contributed by atoms with Crippen LogP contribution in [-0.4, -0.2) is 22.3 Å². The van der Waals surface area contributed by atoms with Gasteiger partial charge in [-0.1, -0.05) is 17.8 Å². The number of nitrogens with zero attached hydrogens (tertiary/aromatic N) is 4. The molecule has 0 unspecified atom stereocenters. The number of imidazole rings is 2. The van der Waals surface area contributed by atoms with E-state index < -0.39 is 0 Å². The van der Waals surface area contributed by atoms with Crippen LogP contribution in [0.15, 0.2) is 73.8 Å². The molecule has 194 valence electrons. The molecule has 38 heavy (non-hydrogen) atoms. The van der Waals surface area contributed by atoms with Crippen LogP contribution in [0.3, 0.4) is 0 Å². The second-order valence-electron chi connectivity index (χ2n) is 9.35. The Hall–Kier alpha value is -4.42. The second-order valence-corrected chi connectivity index (χ2v) is 9.35. The van der Waals surface area contributed by atoms with Crippen molar-refractivity contribution in [1.29, 1.82) is 0 Å². The molecule has 0 bridgehead atoms. The van der Waals surface area contributed by atoms with Crippen LogP contribution in [0.25, 0.3) is 0 Å². The van der Waals surface area contributed by atoms with Gasteiger partial charge in [0.15, 0.2) is 0 Å². The van der Waals surface area contributed by atoms with E-state index in [0.29, 0.717) is 13.2 Å². The molecule has 0 amide bonds. The van der Waals surface area contributed by atoms with Crippen LogP contribution in [0.4, 0.5) is 0 Å². The van der Waals surface area contributed by atoms with Gasteiger partial charge in [0.2, 0.25) is 12.7 Å². The number of aryl methyl sites for hydroxylation is 5. The molecule has 6 nitrogen and oxygen atoms in total. The molecule has 0 spiro atoms. The van der Waals surface area contributed by atoms with Crippen molar-refractivity contribution in [3.8, 4) is 35.2 Å². The molecule has 4 aromatic rings. The topological polar surface area (TPSA) is 36.1 Å². The largest absolute Gasteiger partial charge is 0.493 e. The number of aromatic nitrogens is 4. The zero-order valence-electron chi connectivity index (χ0n) is 22.8. The van der Waals surface area contributed by atoms with Crippen molar-refractivity contribution in [2.24, 2.45) is 14.1 Å². The highest BCUT2D eigenvalue weighted by molar-refractivity contribution is 5.55. The molecule has 4 rings (SSSR count). The van der Waals surface area contributed by atoms with Crippen molar-refractivity contribution >= 4 is 0 Å². The van der Waals surface area contributed by atoms with E-state index in [9.17, 15) is 0 Å². The molecule has 0 N–H and O–H groups in total. The molecule has 2 heterocycles. The Labute approximate surface area is 226 Å². The Morgan fingerprint density at radius 2 is 1.29 bits per heavy atom. The Morgan fingerprint density at radius 3 is 1.82 bits per heavy atom. The van der Waals surface area contributed by atoms with Crippen molar-refractivity contribution in [3.63, 3.8) is 0 Å². The number of hydrogen-bond acceptors (Lipinski definition) is 2. The van der Waals surface area contributed by atoms with E-state index >= 15 is 0 Å². The first-order valence-electron chi connectivity index (χ1n) is 13.0. The smallest absolute Gasteiger partial charge is 0.243 e. The molecule has 6 heteroatoms. The zero-order chi connectivity index (χ0) is 26.7. The van der Waals surface area contributed by atoms with Gasteiger partial charge < -0.3 is 9.47 Å². The SMILES string of the molecule is CC#Cc1ccc(C#Cc2cc(OCCCn3cc[n+](C)c3)c(C)cc2OCCCn2cc[n+](C)c2)cc1. The Bertz CT molecular complexity index is 1470. The van der Waals surface area contributed by atoms with Crippen LogP contribution in [0.2, 0.25) is 0 Å². The first kappa shape index (κ1) is 26.6. The lowest BCUT2D eigenvalue weighted by Crippen LogP contribution is -2.23.